The predicted octanol–water partition coefficient (Wildman–Crippen LogP) is 4.61. The van der Waals surface area contributed by atoms with Crippen LogP contribution in [0.5, 0.6) is 0 Å². The second-order valence-corrected chi connectivity index (χ2v) is 8.63. The van der Waals surface area contributed by atoms with Gasteiger partial charge in [0.15, 0.2) is 0 Å². The number of thioether (sulfide) groups is 1. The van der Waals surface area contributed by atoms with Gasteiger partial charge in [0.1, 0.15) is 16.2 Å². The van der Waals surface area contributed by atoms with Gasteiger partial charge in [0, 0.05) is 16.8 Å². The minimum atomic E-state index is -0.197. The molecule has 0 aliphatic rings. The van der Waals surface area contributed by atoms with E-state index in [0.717, 1.165) is 20.1 Å². The summed E-state index contributed by atoms with van der Waals surface area (Å²) in [6.45, 7) is 6.78. The molecule has 0 aliphatic heterocycles. The Morgan fingerprint density at radius 1 is 1.20 bits per heavy atom. The number of amides is 1. The first kappa shape index (κ1) is 17.9. The molecule has 3 aromatic rings. The topological polar surface area (TPSA) is 54.9 Å². The fourth-order valence-electron chi connectivity index (χ4n) is 2.34. The zero-order valence-electron chi connectivity index (χ0n) is 14.5. The van der Waals surface area contributed by atoms with E-state index in [1.165, 1.54) is 17.3 Å². The molecule has 0 bridgehead atoms. The van der Waals surface area contributed by atoms with Crippen molar-refractivity contribution in [2.75, 3.05) is 6.54 Å². The molecule has 25 heavy (non-hydrogen) atoms. The van der Waals surface area contributed by atoms with Crippen molar-refractivity contribution in [1.29, 1.82) is 0 Å². The molecular formula is C19H21N3OS2. The highest BCUT2D eigenvalue weighted by Crippen LogP contribution is 2.37. The lowest BCUT2D eigenvalue weighted by Crippen LogP contribution is -2.33. The first-order valence-corrected chi connectivity index (χ1v) is 9.98. The van der Waals surface area contributed by atoms with E-state index in [1.807, 2.05) is 25.1 Å². The van der Waals surface area contributed by atoms with Crippen molar-refractivity contribution in [2.45, 2.75) is 31.0 Å². The summed E-state index contributed by atoms with van der Waals surface area (Å²) < 4.78 is 0. The van der Waals surface area contributed by atoms with Crippen molar-refractivity contribution in [2.24, 2.45) is 5.92 Å². The molecule has 6 heteroatoms. The normalized spacial score (nSPS) is 12.5. The van der Waals surface area contributed by atoms with Crippen LogP contribution in [0.2, 0.25) is 0 Å². The van der Waals surface area contributed by atoms with E-state index in [-0.39, 0.29) is 11.2 Å². The Hall–Kier alpha value is -1.92. The number of benzene rings is 1. The lowest BCUT2D eigenvalue weighted by molar-refractivity contribution is -0.120. The van der Waals surface area contributed by atoms with E-state index >= 15 is 0 Å². The molecule has 1 aromatic carbocycles. The molecule has 0 radical (unpaired) electrons. The molecule has 2 aromatic heterocycles. The molecule has 0 spiro atoms. The van der Waals surface area contributed by atoms with Gasteiger partial charge in [-0.05, 0) is 24.5 Å². The number of carbonyl (C=O) groups excluding carboxylic acids is 1. The van der Waals surface area contributed by atoms with Crippen LogP contribution >= 0.6 is 23.1 Å². The van der Waals surface area contributed by atoms with E-state index in [4.69, 9.17) is 0 Å². The van der Waals surface area contributed by atoms with Crippen LogP contribution in [0.3, 0.4) is 0 Å². The maximum atomic E-state index is 12.2. The monoisotopic (exact) mass is 371 g/mol. The summed E-state index contributed by atoms with van der Waals surface area (Å²) >= 11 is 3.13. The van der Waals surface area contributed by atoms with Crippen molar-refractivity contribution in [3.8, 4) is 10.4 Å². The number of nitrogens with zero attached hydrogens (tertiary/aromatic N) is 2. The van der Waals surface area contributed by atoms with Gasteiger partial charge in [-0.15, -0.1) is 11.3 Å². The Morgan fingerprint density at radius 3 is 2.68 bits per heavy atom. The van der Waals surface area contributed by atoms with Crippen LogP contribution in [0.15, 0.2) is 47.8 Å². The Bertz CT molecular complexity index is 861. The average molecular weight is 372 g/mol. The van der Waals surface area contributed by atoms with E-state index < -0.39 is 0 Å². The average Bonchev–Trinajstić information content (AvgIpc) is 3.05. The van der Waals surface area contributed by atoms with Crippen LogP contribution in [0, 0.1) is 5.92 Å². The van der Waals surface area contributed by atoms with Crippen molar-refractivity contribution >= 4 is 39.2 Å². The van der Waals surface area contributed by atoms with E-state index in [2.05, 4.69) is 47.3 Å². The summed E-state index contributed by atoms with van der Waals surface area (Å²) in [6.07, 6.45) is 1.58. The lowest BCUT2D eigenvalue weighted by Gasteiger charge is -2.13. The second kappa shape index (κ2) is 7.97. The smallest absolute Gasteiger partial charge is 0.233 e. The van der Waals surface area contributed by atoms with Gasteiger partial charge < -0.3 is 5.32 Å². The van der Waals surface area contributed by atoms with Crippen molar-refractivity contribution < 1.29 is 4.79 Å². The van der Waals surface area contributed by atoms with Crippen molar-refractivity contribution in [1.82, 2.24) is 15.3 Å². The van der Waals surface area contributed by atoms with Gasteiger partial charge >= 0.3 is 0 Å². The Labute approximate surface area is 156 Å². The number of thiophene rings is 1. The minimum Gasteiger partial charge on any atom is -0.355 e. The maximum Gasteiger partial charge on any atom is 0.233 e. The van der Waals surface area contributed by atoms with Crippen LogP contribution < -0.4 is 5.32 Å². The third-order valence-corrected chi connectivity index (χ3v) is 5.90. The molecule has 0 fully saturated rings. The van der Waals surface area contributed by atoms with Crippen molar-refractivity contribution in [3.05, 3.63) is 42.7 Å². The molecule has 4 nitrogen and oxygen atoms in total. The largest absolute Gasteiger partial charge is 0.355 e. The highest BCUT2D eigenvalue weighted by Gasteiger charge is 2.18. The first-order valence-electron chi connectivity index (χ1n) is 8.29. The highest BCUT2D eigenvalue weighted by molar-refractivity contribution is 8.00. The molecule has 1 atom stereocenters. The number of hydrogen-bond acceptors (Lipinski definition) is 5. The lowest BCUT2D eigenvalue weighted by atomic mass is 10.2. The summed E-state index contributed by atoms with van der Waals surface area (Å²) in [5, 5.41) is 4.65. The fraction of sp³-hybridized carbons (Fsp3) is 0.316. The Morgan fingerprint density at radius 2 is 1.96 bits per heavy atom. The molecule has 0 aliphatic carbocycles. The van der Waals surface area contributed by atoms with Crippen LogP contribution in [-0.4, -0.2) is 27.7 Å². The van der Waals surface area contributed by atoms with Gasteiger partial charge in [0.05, 0.1) is 5.25 Å². The van der Waals surface area contributed by atoms with Gasteiger partial charge in [-0.25, -0.2) is 9.97 Å². The third-order valence-electron chi connectivity index (χ3n) is 3.69. The number of rotatable bonds is 6. The molecule has 0 saturated carbocycles. The van der Waals surface area contributed by atoms with Crippen molar-refractivity contribution in [3.63, 3.8) is 0 Å². The quantitative estimate of drug-likeness (QED) is 0.508. The maximum absolute atomic E-state index is 12.2. The van der Waals surface area contributed by atoms with Gasteiger partial charge in [0.25, 0.3) is 0 Å². The standard InChI is InChI=1S/C19H21N3OS2/c1-12(2)10-20-17(23)13(3)24-18-15-9-16(14-7-5-4-6-8-14)25-19(15)22-11-21-18/h4-9,11-13H,10H2,1-3H3,(H,20,23)/t13-/m1/s1. The molecule has 2 heterocycles. The molecule has 0 unspecified atom stereocenters. The number of fused-ring (bicyclic) bond motifs is 1. The first-order chi connectivity index (χ1) is 12.0. The second-order valence-electron chi connectivity index (χ2n) is 6.27. The number of carbonyl (C=O) groups is 1. The van der Waals surface area contributed by atoms with Gasteiger partial charge in [0.2, 0.25) is 5.91 Å². The van der Waals surface area contributed by atoms with Gasteiger partial charge in [-0.1, -0.05) is 55.9 Å². The van der Waals surface area contributed by atoms with Gasteiger partial charge in [-0.2, -0.15) is 0 Å². The summed E-state index contributed by atoms with van der Waals surface area (Å²) in [5.41, 5.74) is 1.17. The van der Waals surface area contributed by atoms with E-state index in [0.29, 0.717) is 12.5 Å². The highest BCUT2D eigenvalue weighted by atomic mass is 32.2. The minimum absolute atomic E-state index is 0.0453. The summed E-state index contributed by atoms with van der Waals surface area (Å²) in [5.74, 6) is 0.487. The fourth-order valence-corrected chi connectivity index (χ4v) is 4.33. The van der Waals surface area contributed by atoms with Crippen LogP contribution in [-0.2, 0) is 4.79 Å². The molecular weight excluding hydrogens is 350 g/mol. The predicted molar refractivity (Wildman–Crippen MR) is 106 cm³/mol. The summed E-state index contributed by atoms with van der Waals surface area (Å²) in [4.78, 5) is 23.2. The molecule has 1 amide bonds. The number of aromatic nitrogens is 2. The van der Waals surface area contributed by atoms with Gasteiger partial charge in [-0.3, -0.25) is 4.79 Å². The van der Waals surface area contributed by atoms with Crippen LogP contribution in [0.1, 0.15) is 20.8 Å². The zero-order valence-corrected chi connectivity index (χ0v) is 16.2. The third kappa shape index (κ3) is 4.38. The molecule has 130 valence electrons. The van der Waals surface area contributed by atoms with Crippen LogP contribution in [0.4, 0.5) is 0 Å². The zero-order chi connectivity index (χ0) is 17.8. The molecule has 1 N–H and O–H groups in total. The number of nitrogens with one attached hydrogen (secondary N) is 1. The van der Waals surface area contributed by atoms with E-state index in [9.17, 15) is 4.79 Å². The summed E-state index contributed by atoms with van der Waals surface area (Å²) in [6, 6.07) is 12.4. The SMILES string of the molecule is CC(C)CNC(=O)[C@@H](C)Sc1ncnc2sc(-c3ccccc3)cc12. The van der Waals surface area contributed by atoms with E-state index in [1.54, 1.807) is 17.7 Å². The Kier molecular flexibility index (Phi) is 5.71. The summed E-state index contributed by atoms with van der Waals surface area (Å²) in [7, 11) is 0. The molecule has 3 rings (SSSR count). The Balaban J connectivity index is 1.82. The van der Waals surface area contributed by atoms with Crippen LogP contribution in [0.25, 0.3) is 20.7 Å². The molecule has 0 saturated heterocycles. The number of hydrogen-bond donors (Lipinski definition) is 1.